The second kappa shape index (κ2) is 5.29. The predicted octanol–water partition coefficient (Wildman–Crippen LogP) is 3.12. The molecule has 1 aromatic carbocycles. The Kier molecular flexibility index (Phi) is 3.76. The number of aliphatic hydroxyl groups is 1. The molecule has 0 radical (unpaired) electrons. The van der Waals surface area contributed by atoms with Gasteiger partial charge < -0.3 is 10.4 Å². The lowest BCUT2D eigenvalue weighted by atomic mass is 10.2. The molecule has 4 heteroatoms. The zero-order valence-corrected chi connectivity index (χ0v) is 10.8. The molecule has 90 valence electrons. The molecule has 2 rings (SSSR count). The van der Waals surface area contributed by atoms with E-state index < -0.39 is 0 Å². The highest BCUT2D eigenvalue weighted by Gasteiger charge is 2.08. The van der Waals surface area contributed by atoms with Gasteiger partial charge in [0.1, 0.15) is 0 Å². The molecule has 0 amide bonds. The highest BCUT2D eigenvalue weighted by molar-refractivity contribution is 7.09. The first-order valence-corrected chi connectivity index (χ1v) is 6.45. The van der Waals surface area contributed by atoms with Gasteiger partial charge in [0.2, 0.25) is 0 Å². The predicted molar refractivity (Wildman–Crippen MR) is 71.3 cm³/mol. The molecule has 0 saturated carbocycles. The normalized spacial score (nSPS) is 12.4. The van der Waals surface area contributed by atoms with Crippen molar-refractivity contribution in [1.82, 2.24) is 4.98 Å². The maximum Gasteiger partial charge on any atom is 0.0898 e. The third-order valence-electron chi connectivity index (χ3n) is 2.60. The summed E-state index contributed by atoms with van der Waals surface area (Å²) in [5.41, 5.74) is 3.03. The van der Waals surface area contributed by atoms with E-state index in [2.05, 4.69) is 22.6 Å². The largest absolute Gasteiger partial charge is 0.392 e. The van der Waals surface area contributed by atoms with Gasteiger partial charge in [-0.3, -0.25) is 0 Å². The number of benzene rings is 1. The molecule has 0 aliphatic rings. The fourth-order valence-electron chi connectivity index (χ4n) is 1.61. The molecule has 3 nitrogen and oxygen atoms in total. The Bertz CT molecular complexity index is 478. The SMILES string of the molecule is Cc1nc(C(C)Nc2ccc(CO)cc2)cs1. The highest BCUT2D eigenvalue weighted by Crippen LogP contribution is 2.21. The summed E-state index contributed by atoms with van der Waals surface area (Å²) in [6.45, 7) is 4.19. The minimum atomic E-state index is 0.0844. The van der Waals surface area contributed by atoms with Crippen molar-refractivity contribution >= 4 is 17.0 Å². The minimum Gasteiger partial charge on any atom is -0.392 e. The van der Waals surface area contributed by atoms with Crippen LogP contribution < -0.4 is 5.32 Å². The molecular weight excluding hydrogens is 232 g/mol. The van der Waals surface area contributed by atoms with Gasteiger partial charge >= 0.3 is 0 Å². The summed E-state index contributed by atoms with van der Waals surface area (Å²) in [5.74, 6) is 0. The maximum absolute atomic E-state index is 8.96. The molecule has 1 heterocycles. The number of anilines is 1. The molecular formula is C13H16N2OS. The Balaban J connectivity index is 2.04. The average Bonchev–Trinajstić information content (AvgIpc) is 2.77. The monoisotopic (exact) mass is 248 g/mol. The number of thiazole rings is 1. The van der Waals surface area contributed by atoms with Crippen LogP contribution in [0.25, 0.3) is 0 Å². The van der Waals surface area contributed by atoms with E-state index >= 15 is 0 Å². The Labute approximate surface area is 105 Å². The van der Waals surface area contributed by atoms with Gasteiger partial charge in [-0.05, 0) is 31.5 Å². The van der Waals surface area contributed by atoms with Crippen LogP contribution in [0, 0.1) is 6.92 Å². The van der Waals surface area contributed by atoms with Gasteiger partial charge in [0, 0.05) is 11.1 Å². The molecule has 2 N–H and O–H groups in total. The van der Waals surface area contributed by atoms with Crippen molar-refractivity contribution in [2.24, 2.45) is 0 Å². The van der Waals surface area contributed by atoms with E-state index in [1.165, 1.54) is 0 Å². The van der Waals surface area contributed by atoms with Crippen molar-refractivity contribution in [3.8, 4) is 0 Å². The van der Waals surface area contributed by atoms with Gasteiger partial charge in [-0.1, -0.05) is 12.1 Å². The molecule has 0 aliphatic carbocycles. The lowest BCUT2D eigenvalue weighted by molar-refractivity contribution is 0.282. The summed E-state index contributed by atoms with van der Waals surface area (Å²) in [7, 11) is 0. The van der Waals surface area contributed by atoms with Crippen molar-refractivity contribution in [2.45, 2.75) is 26.5 Å². The van der Waals surface area contributed by atoms with Crippen LogP contribution in [0.1, 0.15) is 29.2 Å². The lowest BCUT2D eigenvalue weighted by Crippen LogP contribution is -2.06. The fraction of sp³-hybridized carbons (Fsp3) is 0.308. The summed E-state index contributed by atoms with van der Waals surface area (Å²) in [5, 5.41) is 15.5. The number of rotatable bonds is 4. The van der Waals surface area contributed by atoms with E-state index in [0.717, 1.165) is 22.0 Å². The number of hydrogen-bond donors (Lipinski definition) is 2. The van der Waals surface area contributed by atoms with Crippen LogP contribution in [-0.4, -0.2) is 10.1 Å². The first-order chi connectivity index (χ1) is 8.19. The maximum atomic E-state index is 8.96. The van der Waals surface area contributed by atoms with Crippen molar-refractivity contribution in [2.75, 3.05) is 5.32 Å². The number of hydrogen-bond acceptors (Lipinski definition) is 4. The Hall–Kier alpha value is -1.39. The summed E-state index contributed by atoms with van der Waals surface area (Å²) < 4.78 is 0. The molecule has 0 fully saturated rings. The first-order valence-electron chi connectivity index (χ1n) is 5.57. The Morgan fingerprint density at radius 1 is 1.35 bits per heavy atom. The van der Waals surface area contributed by atoms with E-state index in [1.54, 1.807) is 11.3 Å². The number of nitrogens with one attached hydrogen (secondary N) is 1. The fourth-order valence-corrected chi connectivity index (χ4v) is 2.32. The minimum absolute atomic E-state index is 0.0844. The standard InChI is InChI=1S/C13H16N2OS/c1-9(13-8-17-10(2)15-13)14-12-5-3-11(7-16)4-6-12/h3-6,8-9,14,16H,7H2,1-2H3. The van der Waals surface area contributed by atoms with Crippen LogP contribution in [-0.2, 0) is 6.61 Å². The Morgan fingerprint density at radius 2 is 2.06 bits per heavy atom. The number of nitrogens with zero attached hydrogens (tertiary/aromatic N) is 1. The summed E-state index contributed by atoms with van der Waals surface area (Å²) in [4.78, 5) is 4.46. The van der Waals surface area contributed by atoms with E-state index in [9.17, 15) is 0 Å². The topological polar surface area (TPSA) is 45.2 Å². The second-order valence-electron chi connectivity index (χ2n) is 4.01. The third-order valence-corrected chi connectivity index (χ3v) is 3.39. The van der Waals surface area contributed by atoms with Gasteiger partial charge in [0.25, 0.3) is 0 Å². The van der Waals surface area contributed by atoms with Crippen molar-refractivity contribution in [3.05, 3.63) is 45.9 Å². The van der Waals surface area contributed by atoms with Crippen LogP contribution >= 0.6 is 11.3 Å². The van der Waals surface area contributed by atoms with Gasteiger partial charge in [-0.2, -0.15) is 0 Å². The summed E-state index contributed by atoms with van der Waals surface area (Å²) >= 11 is 1.67. The summed E-state index contributed by atoms with van der Waals surface area (Å²) in [6.07, 6.45) is 0. The van der Waals surface area contributed by atoms with E-state index in [1.807, 2.05) is 31.2 Å². The molecule has 1 unspecified atom stereocenters. The van der Waals surface area contributed by atoms with Crippen LogP contribution in [0.2, 0.25) is 0 Å². The molecule has 0 saturated heterocycles. The Morgan fingerprint density at radius 3 is 2.59 bits per heavy atom. The smallest absolute Gasteiger partial charge is 0.0898 e. The highest BCUT2D eigenvalue weighted by atomic mass is 32.1. The molecule has 1 atom stereocenters. The summed E-state index contributed by atoms with van der Waals surface area (Å²) in [6, 6.07) is 7.98. The molecule has 0 bridgehead atoms. The molecule has 17 heavy (non-hydrogen) atoms. The zero-order chi connectivity index (χ0) is 12.3. The van der Waals surface area contributed by atoms with Crippen molar-refractivity contribution < 1.29 is 5.11 Å². The lowest BCUT2D eigenvalue weighted by Gasteiger charge is -2.13. The average molecular weight is 248 g/mol. The van der Waals surface area contributed by atoms with Crippen LogP contribution in [0.5, 0.6) is 0 Å². The quantitative estimate of drug-likeness (QED) is 0.873. The third kappa shape index (κ3) is 3.05. The van der Waals surface area contributed by atoms with Gasteiger partial charge in [-0.15, -0.1) is 11.3 Å². The second-order valence-corrected chi connectivity index (χ2v) is 5.07. The number of aryl methyl sites for hydroxylation is 1. The van der Waals surface area contributed by atoms with Crippen LogP contribution in [0.3, 0.4) is 0 Å². The van der Waals surface area contributed by atoms with E-state index in [0.29, 0.717) is 0 Å². The number of aromatic nitrogens is 1. The van der Waals surface area contributed by atoms with Crippen LogP contribution in [0.15, 0.2) is 29.6 Å². The molecule has 1 aromatic heterocycles. The van der Waals surface area contributed by atoms with E-state index in [-0.39, 0.29) is 12.6 Å². The van der Waals surface area contributed by atoms with Crippen LogP contribution in [0.4, 0.5) is 5.69 Å². The molecule has 0 aliphatic heterocycles. The zero-order valence-electron chi connectivity index (χ0n) is 9.97. The molecule has 2 aromatic rings. The van der Waals surface area contributed by atoms with Gasteiger partial charge in [0.05, 0.1) is 23.4 Å². The van der Waals surface area contributed by atoms with Crippen molar-refractivity contribution in [3.63, 3.8) is 0 Å². The van der Waals surface area contributed by atoms with Gasteiger partial charge in [0.15, 0.2) is 0 Å². The number of aliphatic hydroxyl groups excluding tert-OH is 1. The van der Waals surface area contributed by atoms with Crippen molar-refractivity contribution in [1.29, 1.82) is 0 Å². The first kappa shape index (κ1) is 12.1. The van der Waals surface area contributed by atoms with E-state index in [4.69, 9.17) is 5.11 Å². The van der Waals surface area contributed by atoms with Gasteiger partial charge in [-0.25, -0.2) is 4.98 Å². The molecule has 0 spiro atoms.